The van der Waals surface area contributed by atoms with E-state index in [4.69, 9.17) is 0 Å². The van der Waals surface area contributed by atoms with Crippen molar-refractivity contribution in [3.63, 3.8) is 0 Å². The predicted molar refractivity (Wildman–Crippen MR) is 91.7 cm³/mol. The number of rotatable bonds is 5. The van der Waals surface area contributed by atoms with Crippen molar-refractivity contribution in [3.8, 4) is 0 Å². The molecule has 2 N–H and O–H groups in total. The van der Waals surface area contributed by atoms with E-state index < -0.39 is 5.54 Å². The Morgan fingerprint density at radius 2 is 2.12 bits per heavy atom. The monoisotopic (exact) mass is 330 g/mol. The lowest BCUT2D eigenvalue weighted by molar-refractivity contribution is -0.131. The second kappa shape index (κ2) is 6.76. The van der Waals surface area contributed by atoms with Crippen molar-refractivity contribution in [1.29, 1.82) is 0 Å². The normalized spacial score (nSPS) is 17.0. The Kier molecular flexibility index (Phi) is 4.71. The van der Waals surface area contributed by atoms with Gasteiger partial charge in [-0.15, -0.1) is 0 Å². The largest absolute Gasteiger partial charge is 0.354 e. The second-order valence-electron chi connectivity index (χ2n) is 6.51. The molecule has 0 aromatic carbocycles. The van der Waals surface area contributed by atoms with Crippen molar-refractivity contribution >= 4 is 5.91 Å². The summed E-state index contributed by atoms with van der Waals surface area (Å²) in [5.74, 6) is 0.0619. The summed E-state index contributed by atoms with van der Waals surface area (Å²) in [6, 6.07) is 1.87. The minimum atomic E-state index is -0.576. The fourth-order valence-electron chi connectivity index (χ4n) is 3.57. The highest BCUT2D eigenvalue weighted by Gasteiger charge is 2.41. The van der Waals surface area contributed by atoms with Gasteiger partial charge in [0, 0.05) is 31.7 Å². The van der Waals surface area contributed by atoms with Crippen LogP contribution in [0, 0.1) is 13.8 Å². The van der Waals surface area contributed by atoms with E-state index in [1.54, 1.807) is 6.20 Å². The van der Waals surface area contributed by atoms with Crippen LogP contribution in [0.4, 0.5) is 0 Å². The number of aromatic nitrogens is 4. The summed E-state index contributed by atoms with van der Waals surface area (Å²) in [4.78, 5) is 13.0. The molecule has 0 saturated carbocycles. The van der Waals surface area contributed by atoms with Crippen LogP contribution in [0.5, 0.6) is 0 Å². The summed E-state index contributed by atoms with van der Waals surface area (Å²) in [6.45, 7) is 6.35. The fourth-order valence-corrected chi connectivity index (χ4v) is 3.57. The first-order valence-corrected chi connectivity index (χ1v) is 8.53. The third kappa shape index (κ3) is 2.96. The lowest BCUT2D eigenvalue weighted by atomic mass is 9.87. The van der Waals surface area contributed by atoms with E-state index in [-0.39, 0.29) is 5.91 Å². The Morgan fingerprint density at radius 3 is 2.71 bits per heavy atom. The summed E-state index contributed by atoms with van der Waals surface area (Å²) in [5, 5.41) is 15.2. The number of nitrogens with zero attached hydrogens (tertiary/aromatic N) is 4. The molecule has 2 aromatic heterocycles. The van der Waals surface area contributed by atoms with Gasteiger partial charge in [0.2, 0.25) is 5.91 Å². The molecule has 2 aromatic rings. The van der Waals surface area contributed by atoms with Crippen LogP contribution in [0.3, 0.4) is 0 Å². The zero-order valence-electron chi connectivity index (χ0n) is 14.7. The van der Waals surface area contributed by atoms with Crippen LogP contribution < -0.4 is 10.6 Å². The number of piperidine rings is 1. The van der Waals surface area contributed by atoms with Gasteiger partial charge in [-0.2, -0.15) is 10.2 Å². The van der Waals surface area contributed by atoms with E-state index in [0.29, 0.717) is 6.54 Å². The number of nitrogens with one attached hydrogen (secondary N) is 2. The Labute approximate surface area is 142 Å². The van der Waals surface area contributed by atoms with E-state index in [1.165, 1.54) is 5.56 Å². The zero-order chi connectivity index (χ0) is 17.2. The smallest absolute Gasteiger partial charge is 0.248 e. The number of hydrogen-bond acceptors (Lipinski definition) is 4. The van der Waals surface area contributed by atoms with Crippen LogP contribution in [-0.2, 0) is 23.8 Å². The standard InChI is InChI=1S/C17H26N6O/c1-13-15(14(2)22(3)21-13)5-9-19-16(24)17(6-10-18-11-7-17)23-12-4-8-20-23/h4,8,12,18H,5-7,9-11H2,1-3H3,(H,19,24). The topological polar surface area (TPSA) is 76.8 Å². The number of hydrogen-bond donors (Lipinski definition) is 2. The summed E-state index contributed by atoms with van der Waals surface area (Å²) in [5.41, 5.74) is 2.84. The molecule has 3 heterocycles. The van der Waals surface area contributed by atoms with Gasteiger partial charge in [-0.1, -0.05) is 0 Å². The molecule has 0 atom stereocenters. The van der Waals surface area contributed by atoms with Crippen molar-refractivity contribution < 1.29 is 4.79 Å². The molecule has 3 rings (SSSR count). The first-order valence-electron chi connectivity index (χ1n) is 8.53. The molecular weight excluding hydrogens is 304 g/mol. The van der Waals surface area contributed by atoms with Gasteiger partial charge >= 0.3 is 0 Å². The second-order valence-corrected chi connectivity index (χ2v) is 6.51. The minimum absolute atomic E-state index is 0.0619. The first kappa shape index (κ1) is 16.7. The molecule has 7 heteroatoms. The lowest BCUT2D eigenvalue weighted by Crippen LogP contribution is -2.54. The van der Waals surface area contributed by atoms with E-state index in [2.05, 4.69) is 27.8 Å². The Morgan fingerprint density at radius 1 is 1.38 bits per heavy atom. The highest BCUT2D eigenvalue weighted by Crippen LogP contribution is 2.27. The maximum atomic E-state index is 13.0. The number of carbonyl (C=O) groups excluding carboxylic acids is 1. The summed E-state index contributed by atoms with van der Waals surface area (Å²) in [6.07, 6.45) is 5.93. The van der Waals surface area contributed by atoms with Gasteiger partial charge in [0.1, 0.15) is 5.54 Å². The fraction of sp³-hybridized carbons (Fsp3) is 0.588. The number of aryl methyl sites for hydroxylation is 2. The molecule has 130 valence electrons. The van der Waals surface area contributed by atoms with Crippen LogP contribution in [0.25, 0.3) is 0 Å². The maximum Gasteiger partial charge on any atom is 0.248 e. The predicted octanol–water partition coefficient (Wildman–Crippen LogP) is 0.671. The van der Waals surface area contributed by atoms with E-state index in [9.17, 15) is 4.79 Å². The third-order valence-corrected chi connectivity index (χ3v) is 5.12. The van der Waals surface area contributed by atoms with Gasteiger partial charge in [-0.3, -0.25) is 14.2 Å². The molecule has 0 radical (unpaired) electrons. The minimum Gasteiger partial charge on any atom is -0.354 e. The highest BCUT2D eigenvalue weighted by molar-refractivity contribution is 5.84. The average Bonchev–Trinajstić information content (AvgIpc) is 3.20. The SMILES string of the molecule is Cc1nn(C)c(C)c1CCNC(=O)C1(n2cccn2)CCNCC1. The van der Waals surface area contributed by atoms with Crippen molar-refractivity contribution in [2.24, 2.45) is 7.05 Å². The van der Waals surface area contributed by atoms with Gasteiger partial charge < -0.3 is 10.6 Å². The molecule has 0 unspecified atom stereocenters. The molecule has 0 bridgehead atoms. The summed E-state index contributed by atoms with van der Waals surface area (Å²) < 4.78 is 3.72. The van der Waals surface area contributed by atoms with Gasteiger partial charge in [-0.25, -0.2) is 0 Å². The third-order valence-electron chi connectivity index (χ3n) is 5.12. The molecule has 1 saturated heterocycles. The van der Waals surface area contributed by atoms with E-state index in [0.717, 1.165) is 43.7 Å². The molecule has 7 nitrogen and oxygen atoms in total. The quantitative estimate of drug-likeness (QED) is 0.845. The van der Waals surface area contributed by atoms with E-state index >= 15 is 0 Å². The molecule has 1 fully saturated rings. The Hall–Kier alpha value is -2.15. The molecule has 1 aliphatic heterocycles. The average molecular weight is 330 g/mol. The van der Waals surface area contributed by atoms with Crippen LogP contribution in [0.2, 0.25) is 0 Å². The van der Waals surface area contributed by atoms with Gasteiger partial charge in [0.05, 0.1) is 5.69 Å². The van der Waals surface area contributed by atoms with Crippen molar-refractivity contribution in [3.05, 3.63) is 35.4 Å². The Balaban J connectivity index is 1.68. The van der Waals surface area contributed by atoms with Crippen LogP contribution in [0.15, 0.2) is 18.5 Å². The zero-order valence-corrected chi connectivity index (χ0v) is 14.7. The maximum absolute atomic E-state index is 13.0. The van der Waals surface area contributed by atoms with E-state index in [1.807, 2.05) is 35.6 Å². The first-order chi connectivity index (χ1) is 11.5. The molecular formula is C17H26N6O. The summed E-state index contributed by atoms with van der Waals surface area (Å²) in [7, 11) is 1.95. The molecule has 24 heavy (non-hydrogen) atoms. The van der Waals surface area contributed by atoms with Crippen molar-refractivity contribution in [1.82, 2.24) is 30.2 Å². The van der Waals surface area contributed by atoms with Crippen LogP contribution >= 0.6 is 0 Å². The lowest BCUT2D eigenvalue weighted by Gasteiger charge is -2.36. The van der Waals surface area contributed by atoms with Crippen molar-refractivity contribution in [2.75, 3.05) is 19.6 Å². The van der Waals surface area contributed by atoms with Crippen LogP contribution in [-0.4, -0.2) is 45.1 Å². The Bertz CT molecular complexity index is 697. The van der Waals surface area contributed by atoms with Gasteiger partial charge in [0.25, 0.3) is 0 Å². The molecule has 0 spiro atoms. The van der Waals surface area contributed by atoms with Crippen molar-refractivity contribution in [2.45, 2.75) is 38.6 Å². The molecule has 1 aliphatic rings. The van der Waals surface area contributed by atoms with Gasteiger partial charge in [-0.05, 0) is 57.8 Å². The number of carbonyl (C=O) groups is 1. The molecule has 0 aliphatic carbocycles. The summed E-state index contributed by atoms with van der Waals surface area (Å²) >= 11 is 0. The van der Waals surface area contributed by atoms with Gasteiger partial charge in [0.15, 0.2) is 0 Å². The molecule has 1 amide bonds. The highest BCUT2D eigenvalue weighted by atomic mass is 16.2. The van der Waals surface area contributed by atoms with Crippen LogP contribution in [0.1, 0.15) is 29.8 Å². The number of amides is 1.